The molecule has 0 radical (unpaired) electrons. The summed E-state index contributed by atoms with van der Waals surface area (Å²) in [6.45, 7) is 7.43. The standard InChI is InChI=1S/C24H41NO2.K/c1-15(14-21(25)22(26)27)18-9-10-19-17-8-7-16-6-4-5-12-23(16,2)20(17)11-13-24(18,19)3;/h15-21H,4-14,25H2,1-3H3,(H,26,27);/q;+1/p-1/t15-,16?,17+,18-,19+,20+,21?,23+,24-;/m1./s1. The third kappa shape index (κ3) is 3.86. The van der Waals surface area contributed by atoms with Crippen molar-refractivity contribution in [2.45, 2.75) is 97.4 Å². The van der Waals surface area contributed by atoms with Crippen LogP contribution in [0.4, 0.5) is 0 Å². The summed E-state index contributed by atoms with van der Waals surface area (Å²) in [4.78, 5) is 11.1. The van der Waals surface area contributed by atoms with Crippen molar-refractivity contribution in [2.24, 2.45) is 52.1 Å². The van der Waals surface area contributed by atoms with Gasteiger partial charge in [0.25, 0.3) is 0 Å². The molecule has 4 heteroatoms. The van der Waals surface area contributed by atoms with E-state index in [1.807, 2.05) is 0 Å². The minimum absolute atomic E-state index is 0. The van der Waals surface area contributed by atoms with Crippen LogP contribution in [0.2, 0.25) is 0 Å². The largest absolute Gasteiger partial charge is 1.00 e. The maximum absolute atomic E-state index is 11.1. The van der Waals surface area contributed by atoms with Crippen LogP contribution in [0.3, 0.4) is 0 Å². The van der Waals surface area contributed by atoms with Gasteiger partial charge in [-0.2, -0.15) is 0 Å². The quantitative estimate of drug-likeness (QED) is 0.703. The van der Waals surface area contributed by atoms with Crippen LogP contribution in [0.15, 0.2) is 0 Å². The summed E-state index contributed by atoms with van der Waals surface area (Å²) in [5, 5.41) is 11.1. The zero-order valence-corrected chi connectivity index (χ0v) is 21.8. The summed E-state index contributed by atoms with van der Waals surface area (Å²) in [7, 11) is 0. The number of carboxylic acid groups (broad SMARTS) is 1. The van der Waals surface area contributed by atoms with Gasteiger partial charge in [0.2, 0.25) is 0 Å². The Morgan fingerprint density at radius 2 is 1.71 bits per heavy atom. The first-order valence-electron chi connectivity index (χ1n) is 11.7. The molecule has 4 saturated carbocycles. The molecular formula is C24H40KNO2. The van der Waals surface area contributed by atoms with Crippen LogP contribution in [-0.4, -0.2) is 12.0 Å². The average Bonchev–Trinajstić information content (AvgIpc) is 2.98. The van der Waals surface area contributed by atoms with Crippen molar-refractivity contribution in [1.82, 2.24) is 0 Å². The number of rotatable bonds is 4. The number of hydrogen-bond donors (Lipinski definition) is 1. The Bertz CT molecular complexity index is 583. The Kier molecular flexibility index (Phi) is 7.54. The van der Waals surface area contributed by atoms with E-state index in [-0.39, 0.29) is 51.4 Å². The third-order valence-electron chi connectivity index (χ3n) is 10.3. The number of nitrogens with two attached hydrogens (primary N) is 1. The van der Waals surface area contributed by atoms with Crippen molar-refractivity contribution < 1.29 is 61.3 Å². The molecule has 4 fully saturated rings. The molecule has 2 N–H and O–H groups in total. The molecule has 0 aromatic rings. The molecule has 154 valence electrons. The van der Waals surface area contributed by atoms with E-state index < -0.39 is 12.0 Å². The van der Waals surface area contributed by atoms with E-state index in [2.05, 4.69) is 20.8 Å². The SMILES string of the molecule is C[C@H](CC(N)C(=O)[O-])[C@H]1CC[C@H]2[C@@H]3CCC4CCCC[C@]4(C)[C@H]3CC[C@]12C.[K+]. The van der Waals surface area contributed by atoms with Gasteiger partial charge in [-0.25, -0.2) is 0 Å². The summed E-state index contributed by atoms with van der Waals surface area (Å²) in [6.07, 6.45) is 14.7. The fourth-order valence-corrected chi connectivity index (χ4v) is 8.93. The molecular weight excluding hydrogens is 373 g/mol. The average molecular weight is 414 g/mol. The maximum Gasteiger partial charge on any atom is 1.00 e. The minimum atomic E-state index is -1.09. The molecule has 0 amide bonds. The van der Waals surface area contributed by atoms with Crippen LogP contribution in [0.25, 0.3) is 0 Å². The van der Waals surface area contributed by atoms with Gasteiger partial charge in [0.05, 0.1) is 5.97 Å². The van der Waals surface area contributed by atoms with E-state index in [1.165, 1.54) is 64.2 Å². The molecule has 0 saturated heterocycles. The number of carboxylic acids is 1. The van der Waals surface area contributed by atoms with Crippen molar-refractivity contribution in [1.29, 1.82) is 0 Å². The van der Waals surface area contributed by atoms with E-state index in [0.717, 1.165) is 23.7 Å². The number of carbonyl (C=O) groups is 1. The van der Waals surface area contributed by atoms with Crippen molar-refractivity contribution >= 4 is 5.97 Å². The first-order chi connectivity index (χ1) is 12.8. The molecule has 0 aliphatic heterocycles. The van der Waals surface area contributed by atoms with E-state index in [0.29, 0.717) is 29.1 Å². The van der Waals surface area contributed by atoms with Crippen LogP contribution >= 0.6 is 0 Å². The first-order valence-corrected chi connectivity index (χ1v) is 11.7. The monoisotopic (exact) mass is 413 g/mol. The van der Waals surface area contributed by atoms with Gasteiger partial charge in [-0.1, -0.05) is 33.6 Å². The second-order valence-corrected chi connectivity index (χ2v) is 11.3. The topological polar surface area (TPSA) is 66.2 Å². The Hall–Kier alpha value is 1.07. The van der Waals surface area contributed by atoms with E-state index >= 15 is 0 Å². The van der Waals surface area contributed by atoms with Crippen molar-refractivity contribution in [3.8, 4) is 0 Å². The molecule has 4 aliphatic carbocycles. The molecule has 4 rings (SSSR count). The molecule has 4 aliphatic rings. The number of aliphatic carboxylic acids is 1. The van der Waals surface area contributed by atoms with Crippen LogP contribution in [0.5, 0.6) is 0 Å². The Morgan fingerprint density at radius 1 is 1.00 bits per heavy atom. The molecule has 0 heterocycles. The number of hydrogen-bond acceptors (Lipinski definition) is 3. The van der Waals surface area contributed by atoms with Gasteiger partial charge in [0, 0.05) is 6.04 Å². The normalized spacial score (nSPS) is 47.1. The molecule has 0 spiro atoms. The van der Waals surface area contributed by atoms with Crippen LogP contribution in [-0.2, 0) is 4.79 Å². The van der Waals surface area contributed by atoms with Crippen LogP contribution < -0.4 is 62.2 Å². The summed E-state index contributed by atoms with van der Waals surface area (Å²) in [6, 6.07) is -0.810. The zero-order valence-electron chi connectivity index (χ0n) is 18.7. The maximum atomic E-state index is 11.1. The molecule has 3 nitrogen and oxygen atoms in total. The summed E-state index contributed by atoms with van der Waals surface area (Å²) >= 11 is 0. The molecule has 0 aromatic carbocycles. The molecule has 0 aromatic heterocycles. The second-order valence-electron chi connectivity index (χ2n) is 11.3. The zero-order chi connectivity index (χ0) is 19.4. The van der Waals surface area contributed by atoms with Crippen molar-refractivity contribution in [3.63, 3.8) is 0 Å². The fourth-order valence-electron chi connectivity index (χ4n) is 8.93. The number of carbonyl (C=O) groups excluding carboxylic acids is 1. The summed E-state index contributed by atoms with van der Waals surface area (Å²) < 4.78 is 0. The van der Waals surface area contributed by atoms with E-state index in [1.54, 1.807) is 0 Å². The Labute approximate surface area is 214 Å². The van der Waals surface area contributed by atoms with Crippen LogP contribution in [0, 0.1) is 46.3 Å². The van der Waals surface area contributed by atoms with Crippen LogP contribution in [0.1, 0.15) is 91.4 Å². The molecule has 2 unspecified atom stereocenters. The molecule has 0 bridgehead atoms. The molecule has 28 heavy (non-hydrogen) atoms. The Morgan fingerprint density at radius 3 is 2.43 bits per heavy atom. The Balaban J connectivity index is 0.00000225. The van der Waals surface area contributed by atoms with Gasteiger partial charge in [-0.05, 0) is 104 Å². The van der Waals surface area contributed by atoms with E-state index in [9.17, 15) is 9.90 Å². The van der Waals surface area contributed by atoms with Gasteiger partial charge in [-0.15, -0.1) is 0 Å². The first kappa shape index (κ1) is 23.7. The van der Waals surface area contributed by atoms with Gasteiger partial charge >= 0.3 is 51.4 Å². The van der Waals surface area contributed by atoms with Crippen molar-refractivity contribution in [3.05, 3.63) is 0 Å². The van der Waals surface area contributed by atoms with Gasteiger partial charge in [0.15, 0.2) is 0 Å². The van der Waals surface area contributed by atoms with Gasteiger partial charge in [-0.3, -0.25) is 0 Å². The third-order valence-corrected chi connectivity index (χ3v) is 10.3. The van der Waals surface area contributed by atoms with Gasteiger partial charge in [0.1, 0.15) is 0 Å². The minimum Gasteiger partial charge on any atom is -0.548 e. The molecule has 9 atom stereocenters. The van der Waals surface area contributed by atoms with E-state index in [4.69, 9.17) is 5.73 Å². The second kappa shape index (κ2) is 8.90. The summed E-state index contributed by atoms with van der Waals surface area (Å²) in [5.74, 6) is 3.60. The van der Waals surface area contributed by atoms with Gasteiger partial charge < -0.3 is 15.6 Å². The smallest absolute Gasteiger partial charge is 0.548 e. The predicted octanol–water partition coefficient (Wildman–Crippen LogP) is 1.14. The predicted molar refractivity (Wildman–Crippen MR) is 107 cm³/mol. The number of fused-ring (bicyclic) bond motifs is 5. The summed E-state index contributed by atoms with van der Waals surface area (Å²) in [5.41, 5.74) is 6.82. The van der Waals surface area contributed by atoms with Crippen molar-refractivity contribution in [2.75, 3.05) is 0 Å². The fraction of sp³-hybridized carbons (Fsp3) is 0.958.